The Morgan fingerprint density at radius 1 is 0.852 bits per heavy atom. The molecule has 2 rings (SSSR count). The van der Waals surface area contributed by atoms with Gasteiger partial charge in [-0.1, -0.05) is 13.8 Å². The Morgan fingerprint density at radius 2 is 1.22 bits per heavy atom. The first-order chi connectivity index (χ1) is 12.7. The molecule has 0 radical (unpaired) electrons. The summed E-state index contributed by atoms with van der Waals surface area (Å²) < 4.78 is 23.8. The van der Waals surface area contributed by atoms with Gasteiger partial charge in [0, 0.05) is 35.4 Å². The predicted octanol–water partition coefficient (Wildman–Crippen LogP) is 4.91. The van der Waals surface area contributed by atoms with E-state index in [2.05, 4.69) is 0 Å². The van der Waals surface area contributed by atoms with Crippen LogP contribution in [-0.2, 0) is 17.4 Å². The average molecular weight is 394 g/mol. The Bertz CT molecular complexity index is 858. The van der Waals surface area contributed by atoms with E-state index in [0.717, 1.165) is 0 Å². The van der Waals surface area contributed by atoms with Gasteiger partial charge in [0.15, 0.2) is 0 Å². The second-order valence-corrected chi connectivity index (χ2v) is 7.67. The molecule has 0 aliphatic carbocycles. The van der Waals surface area contributed by atoms with Crippen LogP contribution in [0.5, 0.6) is 11.5 Å². The summed E-state index contributed by atoms with van der Waals surface area (Å²) in [4.78, 5) is 20.7. The summed E-state index contributed by atoms with van der Waals surface area (Å²) >= 11 is 0. The fraction of sp³-hybridized carbons (Fsp3) is 0.294. The number of rotatable bonds is 8. The van der Waals surface area contributed by atoms with Crippen LogP contribution in [0.2, 0.25) is 0 Å². The van der Waals surface area contributed by atoms with E-state index in [1.54, 1.807) is 13.8 Å². The Balaban J connectivity index is 2.29. The van der Waals surface area contributed by atoms with Gasteiger partial charge in [-0.2, -0.15) is 0 Å². The highest BCUT2D eigenvalue weighted by atomic mass is 31.2. The maximum atomic E-state index is 12.8. The van der Waals surface area contributed by atoms with Crippen LogP contribution in [0.1, 0.15) is 25.0 Å². The van der Waals surface area contributed by atoms with E-state index in [9.17, 15) is 24.8 Å². The molecule has 0 fully saturated rings. The number of nitrogens with zero attached hydrogens (tertiary/aromatic N) is 2. The van der Waals surface area contributed by atoms with Crippen molar-refractivity contribution < 1.29 is 23.5 Å². The molecule has 0 saturated carbocycles. The topological polar surface area (TPSA) is 122 Å². The normalized spacial score (nSPS) is 11.1. The summed E-state index contributed by atoms with van der Waals surface area (Å²) in [7, 11) is -3.63. The average Bonchev–Trinajstić information content (AvgIpc) is 2.61. The van der Waals surface area contributed by atoms with E-state index in [1.165, 1.54) is 43.1 Å². The molecule has 0 bridgehead atoms. The van der Waals surface area contributed by atoms with Gasteiger partial charge in [-0.3, -0.25) is 20.2 Å². The van der Waals surface area contributed by atoms with E-state index in [1.807, 2.05) is 0 Å². The zero-order valence-electron chi connectivity index (χ0n) is 15.1. The SMILES string of the molecule is CCc1cc([N+](=O)[O-])ccc1OP(C)(=O)Oc1ccc([N+](=O)[O-])cc1CC. The number of nitro groups is 2. The van der Waals surface area contributed by atoms with E-state index in [0.29, 0.717) is 24.0 Å². The van der Waals surface area contributed by atoms with Gasteiger partial charge in [-0.15, -0.1) is 0 Å². The maximum absolute atomic E-state index is 12.8. The van der Waals surface area contributed by atoms with E-state index in [4.69, 9.17) is 9.05 Å². The van der Waals surface area contributed by atoms with E-state index < -0.39 is 17.4 Å². The standard InChI is InChI=1S/C17H19N2O7P/c1-4-12-10-14(18(20)21)6-8-16(12)25-27(3,24)26-17-9-7-15(19(22)23)11-13(17)5-2/h6-11H,4-5H2,1-3H3. The molecule has 9 nitrogen and oxygen atoms in total. The highest BCUT2D eigenvalue weighted by molar-refractivity contribution is 7.53. The van der Waals surface area contributed by atoms with Crippen molar-refractivity contribution in [2.45, 2.75) is 26.7 Å². The van der Waals surface area contributed by atoms with Crippen LogP contribution in [0.25, 0.3) is 0 Å². The van der Waals surface area contributed by atoms with Gasteiger partial charge in [-0.25, -0.2) is 4.57 Å². The monoisotopic (exact) mass is 394 g/mol. The van der Waals surface area contributed by atoms with Gasteiger partial charge in [0.25, 0.3) is 11.4 Å². The van der Waals surface area contributed by atoms with Crippen molar-refractivity contribution in [1.82, 2.24) is 0 Å². The molecule has 0 heterocycles. The van der Waals surface area contributed by atoms with E-state index in [-0.39, 0.29) is 22.9 Å². The summed E-state index contributed by atoms with van der Waals surface area (Å²) in [5.41, 5.74) is 0.868. The third-order valence-electron chi connectivity index (χ3n) is 3.80. The van der Waals surface area contributed by atoms with Crippen LogP contribution in [-0.4, -0.2) is 16.5 Å². The number of hydrogen-bond acceptors (Lipinski definition) is 7. The summed E-state index contributed by atoms with van der Waals surface area (Å²) in [5, 5.41) is 21.8. The first-order valence-corrected chi connectivity index (χ1v) is 10.2. The van der Waals surface area contributed by atoms with Crippen molar-refractivity contribution in [2.24, 2.45) is 0 Å². The van der Waals surface area contributed by atoms with Crippen LogP contribution in [0.15, 0.2) is 36.4 Å². The molecule has 2 aromatic carbocycles. The summed E-state index contributed by atoms with van der Waals surface area (Å²) in [6, 6.07) is 8.01. The van der Waals surface area contributed by atoms with Gasteiger partial charge in [-0.05, 0) is 25.0 Å². The van der Waals surface area contributed by atoms with Gasteiger partial charge in [0.2, 0.25) is 0 Å². The third kappa shape index (κ3) is 5.04. The van der Waals surface area contributed by atoms with Crippen LogP contribution >= 0.6 is 7.60 Å². The molecule has 0 unspecified atom stereocenters. The number of non-ortho nitro benzene ring substituents is 2. The molecule has 10 heteroatoms. The molecule has 0 N–H and O–H groups in total. The Hall–Kier alpha value is -2.93. The van der Waals surface area contributed by atoms with Crippen LogP contribution in [0, 0.1) is 20.2 Å². The second kappa shape index (κ2) is 8.18. The number of hydrogen-bond donors (Lipinski definition) is 0. The molecular formula is C17H19N2O7P. The fourth-order valence-electron chi connectivity index (χ4n) is 2.47. The van der Waals surface area contributed by atoms with Crippen molar-refractivity contribution in [3.05, 3.63) is 67.8 Å². The minimum absolute atomic E-state index is 0.0882. The molecular weight excluding hydrogens is 375 g/mol. The Kier molecular flexibility index (Phi) is 6.17. The van der Waals surface area contributed by atoms with Crippen LogP contribution < -0.4 is 9.05 Å². The summed E-state index contributed by atoms with van der Waals surface area (Å²) in [5.74, 6) is 0.461. The molecule has 0 aromatic heterocycles. The molecule has 0 aliphatic heterocycles. The van der Waals surface area contributed by atoms with Gasteiger partial charge >= 0.3 is 7.60 Å². The minimum atomic E-state index is -3.63. The lowest BCUT2D eigenvalue weighted by molar-refractivity contribution is -0.385. The highest BCUT2D eigenvalue weighted by Gasteiger charge is 2.25. The molecule has 0 aliphatic rings. The number of nitro benzene ring substituents is 2. The lowest BCUT2D eigenvalue weighted by atomic mass is 10.1. The maximum Gasteiger partial charge on any atom is 0.427 e. The Morgan fingerprint density at radius 3 is 1.52 bits per heavy atom. The highest BCUT2D eigenvalue weighted by Crippen LogP contribution is 2.47. The van der Waals surface area contributed by atoms with E-state index >= 15 is 0 Å². The van der Waals surface area contributed by atoms with Gasteiger partial charge in [0.1, 0.15) is 11.5 Å². The summed E-state index contributed by atoms with van der Waals surface area (Å²) in [6.07, 6.45) is 0.878. The smallest absolute Gasteiger partial charge is 0.416 e. The molecule has 0 atom stereocenters. The third-order valence-corrected chi connectivity index (χ3v) is 4.86. The quantitative estimate of drug-likeness (QED) is 0.354. The van der Waals surface area contributed by atoms with Crippen molar-refractivity contribution in [2.75, 3.05) is 6.66 Å². The molecule has 0 amide bonds. The lowest BCUT2D eigenvalue weighted by Gasteiger charge is -2.19. The Labute approximate surface area is 155 Å². The zero-order valence-corrected chi connectivity index (χ0v) is 16.0. The first kappa shape index (κ1) is 20.4. The number of aryl methyl sites for hydroxylation is 2. The minimum Gasteiger partial charge on any atom is -0.416 e. The van der Waals surface area contributed by atoms with Gasteiger partial charge < -0.3 is 9.05 Å². The second-order valence-electron chi connectivity index (χ2n) is 5.76. The van der Waals surface area contributed by atoms with Crippen molar-refractivity contribution in [3.63, 3.8) is 0 Å². The summed E-state index contributed by atoms with van der Waals surface area (Å²) in [6.45, 7) is 4.85. The predicted molar refractivity (Wildman–Crippen MR) is 99.7 cm³/mol. The van der Waals surface area contributed by atoms with Crippen LogP contribution in [0.4, 0.5) is 11.4 Å². The number of benzene rings is 2. The van der Waals surface area contributed by atoms with Crippen molar-refractivity contribution in [1.29, 1.82) is 0 Å². The largest absolute Gasteiger partial charge is 0.427 e. The lowest BCUT2D eigenvalue weighted by Crippen LogP contribution is -2.03. The molecule has 0 saturated heterocycles. The van der Waals surface area contributed by atoms with Crippen molar-refractivity contribution in [3.8, 4) is 11.5 Å². The fourth-order valence-corrected chi connectivity index (χ4v) is 3.57. The molecule has 0 spiro atoms. The van der Waals surface area contributed by atoms with Gasteiger partial charge in [0.05, 0.1) is 16.5 Å². The molecule has 2 aromatic rings. The van der Waals surface area contributed by atoms with Crippen molar-refractivity contribution >= 4 is 19.0 Å². The first-order valence-electron chi connectivity index (χ1n) is 8.18. The van der Waals surface area contributed by atoms with Crippen LogP contribution in [0.3, 0.4) is 0 Å². The zero-order chi connectivity index (χ0) is 20.2. The molecule has 27 heavy (non-hydrogen) atoms. The molecule has 144 valence electrons.